The van der Waals surface area contributed by atoms with Crippen molar-refractivity contribution in [1.82, 2.24) is 30.2 Å². The Morgan fingerprint density at radius 3 is 1.42 bits per heavy atom. The van der Waals surface area contributed by atoms with Crippen molar-refractivity contribution in [2.24, 2.45) is 0 Å². The van der Waals surface area contributed by atoms with Gasteiger partial charge in [0.15, 0.2) is 22.8 Å². The van der Waals surface area contributed by atoms with E-state index in [1.165, 1.54) is 12.4 Å². The van der Waals surface area contributed by atoms with E-state index in [0.717, 1.165) is 0 Å². The van der Waals surface area contributed by atoms with Crippen molar-refractivity contribution in [2.45, 2.75) is 38.9 Å². The molecular formula is C42H44Cl2N10O8. The van der Waals surface area contributed by atoms with Crippen LogP contribution in [-0.4, -0.2) is 81.1 Å². The Morgan fingerprint density at radius 2 is 1.06 bits per heavy atom. The molecule has 2 aromatic carbocycles. The molecule has 0 radical (unpaired) electrons. The van der Waals surface area contributed by atoms with Crippen LogP contribution >= 0.6 is 23.2 Å². The van der Waals surface area contributed by atoms with Crippen LogP contribution in [0.25, 0.3) is 0 Å². The number of ether oxygens (including phenoxy) is 4. The van der Waals surface area contributed by atoms with Gasteiger partial charge in [-0.1, -0.05) is 57.2 Å². The van der Waals surface area contributed by atoms with Gasteiger partial charge in [-0.2, -0.15) is 9.97 Å². The van der Waals surface area contributed by atoms with Crippen molar-refractivity contribution in [1.29, 1.82) is 0 Å². The SMILES string of the molecule is COCCOc1ccc(C#C[C@@](C)(O)c2cc(C)on2)cc1Nc1nc(N)ncc1Cl.COCCOc1ccc(C#C[C@](C)(O)c2cc(C)on2)cc1Nc1nc(N)ncc1Cl. The van der Waals surface area contributed by atoms with E-state index < -0.39 is 11.2 Å². The lowest BCUT2D eigenvalue weighted by Gasteiger charge is -2.14. The number of benzene rings is 2. The number of aryl methyl sites for hydroxylation is 2. The maximum atomic E-state index is 10.6. The van der Waals surface area contributed by atoms with Crippen molar-refractivity contribution in [3.8, 4) is 35.2 Å². The van der Waals surface area contributed by atoms with Gasteiger partial charge in [-0.15, -0.1) is 0 Å². The van der Waals surface area contributed by atoms with E-state index in [0.29, 0.717) is 95.0 Å². The minimum atomic E-state index is -1.48. The first-order chi connectivity index (χ1) is 29.6. The average molecular weight is 888 g/mol. The van der Waals surface area contributed by atoms with E-state index >= 15 is 0 Å². The molecule has 0 bridgehead atoms. The number of nitrogen functional groups attached to an aromatic ring is 2. The summed E-state index contributed by atoms with van der Waals surface area (Å²) in [6.07, 6.45) is 2.80. The molecule has 4 heterocycles. The molecule has 18 nitrogen and oxygen atoms in total. The second-order valence-corrected chi connectivity index (χ2v) is 14.3. The Hall–Kier alpha value is -6.64. The summed E-state index contributed by atoms with van der Waals surface area (Å²) in [5.41, 5.74) is 11.4. The number of anilines is 6. The van der Waals surface area contributed by atoms with Gasteiger partial charge in [-0.05, 0) is 64.1 Å². The number of aliphatic hydroxyl groups is 2. The highest BCUT2D eigenvalue weighted by Crippen LogP contribution is 2.33. The third-order valence-electron chi connectivity index (χ3n) is 8.23. The Labute approximate surface area is 367 Å². The van der Waals surface area contributed by atoms with Gasteiger partial charge in [0.25, 0.3) is 0 Å². The quantitative estimate of drug-likeness (QED) is 0.0535. The molecule has 20 heteroatoms. The van der Waals surface area contributed by atoms with Gasteiger partial charge in [-0.3, -0.25) is 0 Å². The highest BCUT2D eigenvalue weighted by molar-refractivity contribution is 6.33. The third kappa shape index (κ3) is 13.2. The van der Waals surface area contributed by atoms with Crippen molar-refractivity contribution < 1.29 is 38.2 Å². The van der Waals surface area contributed by atoms with E-state index in [-0.39, 0.29) is 21.9 Å². The molecular weight excluding hydrogens is 843 g/mol. The fourth-order valence-corrected chi connectivity index (χ4v) is 5.31. The first kappa shape index (κ1) is 46.4. The van der Waals surface area contributed by atoms with Crippen LogP contribution < -0.4 is 31.6 Å². The van der Waals surface area contributed by atoms with Crippen LogP contribution in [0.5, 0.6) is 11.5 Å². The summed E-state index contributed by atoms with van der Waals surface area (Å²) in [6.45, 7) is 8.09. The summed E-state index contributed by atoms with van der Waals surface area (Å²) in [7, 11) is 3.18. The maximum absolute atomic E-state index is 10.6. The number of halogens is 2. The predicted octanol–water partition coefficient (Wildman–Crippen LogP) is 6.07. The highest BCUT2D eigenvalue weighted by atomic mass is 35.5. The number of rotatable bonds is 14. The molecule has 0 fully saturated rings. The molecule has 6 rings (SSSR count). The Balaban J connectivity index is 0.000000234. The summed E-state index contributed by atoms with van der Waals surface area (Å²) in [4.78, 5) is 15.9. The van der Waals surface area contributed by atoms with Gasteiger partial charge >= 0.3 is 0 Å². The van der Waals surface area contributed by atoms with Gasteiger partial charge in [0.2, 0.25) is 11.9 Å². The van der Waals surface area contributed by atoms with E-state index in [9.17, 15) is 10.2 Å². The van der Waals surface area contributed by atoms with Gasteiger partial charge in [0.05, 0.1) is 37.0 Å². The molecule has 0 saturated carbocycles. The zero-order chi connectivity index (χ0) is 44.9. The summed E-state index contributed by atoms with van der Waals surface area (Å²) < 4.78 is 31.6. The lowest BCUT2D eigenvalue weighted by Crippen LogP contribution is -2.18. The minimum Gasteiger partial charge on any atom is -0.489 e. The molecule has 0 aliphatic heterocycles. The molecule has 0 aliphatic rings. The molecule has 62 heavy (non-hydrogen) atoms. The van der Waals surface area contributed by atoms with Crippen LogP contribution in [0.3, 0.4) is 0 Å². The molecule has 0 unspecified atom stereocenters. The van der Waals surface area contributed by atoms with E-state index in [1.54, 1.807) is 90.4 Å². The summed E-state index contributed by atoms with van der Waals surface area (Å²) in [5.74, 6) is 14.5. The highest BCUT2D eigenvalue weighted by Gasteiger charge is 2.25. The van der Waals surface area contributed by atoms with Crippen molar-refractivity contribution in [3.63, 3.8) is 0 Å². The summed E-state index contributed by atoms with van der Waals surface area (Å²) in [5, 5.41) is 35.7. The number of nitrogens with zero attached hydrogens (tertiary/aromatic N) is 6. The molecule has 4 aromatic heterocycles. The second kappa shape index (κ2) is 21.2. The Morgan fingerprint density at radius 1 is 0.661 bits per heavy atom. The van der Waals surface area contributed by atoms with Crippen LogP contribution in [0.15, 0.2) is 70.0 Å². The lowest BCUT2D eigenvalue weighted by atomic mass is 10.0. The number of aromatic nitrogens is 6. The van der Waals surface area contributed by atoms with Gasteiger partial charge in [0.1, 0.15) is 57.7 Å². The molecule has 0 spiro atoms. The first-order valence-electron chi connectivity index (χ1n) is 18.6. The summed E-state index contributed by atoms with van der Waals surface area (Å²) in [6, 6.07) is 13.8. The zero-order valence-electron chi connectivity index (χ0n) is 34.5. The van der Waals surface area contributed by atoms with Crippen LogP contribution in [0.2, 0.25) is 10.0 Å². The number of nitrogens with one attached hydrogen (secondary N) is 2. The maximum Gasteiger partial charge on any atom is 0.222 e. The molecule has 8 N–H and O–H groups in total. The third-order valence-corrected chi connectivity index (χ3v) is 8.79. The molecule has 324 valence electrons. The smallest absolute Gasteiger partial charge is 0.222 e. The molecule has 0 amide bonds. The van der Waals surface area contributed by atoms with Crippen molar-refractivity contribution >= 4 is 58.1 Å². The first-order valence-corrected chi connectivity index (χ1v) is 19.3. The largest absolute Gasteiger partial charge is 0.489 e. The zero-order valence-corrected chi connectivity index (χ0v) is 36.1. The van der Waals surface area contributed by atoms with E-state index in [1.807, 2.05) is 0 Å². The monoisotopic (exact) mass is 886 g/mol. The standard InChI is InChI=1S/2C21H22ClN5O4/c2*1-13-10-18(27-31-13)21(2,28)7-6-14-4-5-17(30-9-8-29-3)16(11-14)25-19-15(22)12-24-20(23)26-19/h2*4-5,10-12,28H,8-9H2,1-3H3,(H3,23,24,25,26)/t2*21-/m10/s1. The summed E-state index contributed by atoms with van der Waals surface area (Å²) >= 11 is 12.4. The van der Waals surface area contributed by atoms with Gasteiger partial charge < -0.3 is 60.3 Å². The van der Waals surface area contributed by atoms with Crippen LogP contribution in [0, 0.1) is 37.5 Å². The number of nitrogens with two attached hydrogens (primary N) is 2. The Kier molecular flexibility index (Phi) is 15.9. The Bertz CT molecular complexity index is 2420. The number of hydrogen-bond donors (Lipinski definition) is 6. The second-order valence-electron chi connectivity index (χ2n) is 13.5. The minimum absolute atomic E-state index is 0.0728. The lowest BCUT2D eigenvalue weighted by molar-refractivity contribution is 0.112. The average Bonchev–Trinajstić information content (AvgIpc) is 3.90. The number of hydrogen-bond acceptors (Lipinski definition) is 18. The molecule has 2 atom stereocenters. The van der Waals surface area contributed by atoms with Crippen LogP contribution in [0.1, 0.15) is 47.9 Å². The fraction of sp³-hybridized carbons (Fsp3) is 0.286. The molecule has 6 aromatic rings. The topological polar surface area (TPSA) is 257 Å². The van der Waals surface area contributed by atoms with Gasteiger partial charge in [0, 0.05) is 37.5 Å². The predicted molar refractivity (Wildman–Crippen MR) is 232 cm³/mol. The van der Waals surface area contributed by atoms with Crippen LogP contribution in [0.4, 0.5) is 34.9 Å². The van der Waals surface area contributed by atoms with Crippen molar-refractivity contribution in [2.75, 3.05) is 62.7 Å². The van der Waals surface area contributed by atoms with Crippen molar-refractivity contribution in [3.05, 3.63) is 105 Å². The van der Waals surface area contributed by atoms with E-state index in [2.05, 4.69) is 64.6 Å². The number of methoxy groups -OCH3 is 2. The van der Waals surface area contributed by atoms with Crippen LogP contribution in [-0.2, 0) is 20.7 Å². The normalized spacial score (nSPS) is 12.5. The molecule has 0 aliphatic carbocycles. The molecule has 0 saturated heterocycles. The fourth-order valence-electron chi connectivity index (χ4n) is 5.03. The van der Waals surface area contributed by atoms with Gasteiger partial charge in [-0.25, -0.2) is 9.97 Å². The van der Waals surface area contributed by atoms with E-state index in [4.69, 9.17) is 62.7 Å².